The fourth-order valence-corrected chi connectivity index (χ4v) is 2.73. The Balaban J connectivity index is 2.05. The van der Waals surface area contributed by atoms with Gasteiger partial charge in [-0.05, 0) is 36.8 Å². The average Bonchev–Trinajstić information content (AvgIpc) is 2.77. The topological polar surface area (TPSA) is 54.5 Å². The predicted octanol–water partition coefficient (Wildman–Crippen LogP) is 3.63. The van der Waals surface area contributed by atoms with Crippen molar-refractivity contribution in [3.05, 3.63) is 64.7 Å². The Labute approximate surface area is 134 Å². The van der Waals surface area contributed by atoms with Crippen LogP contribution < -0.4 is 4.90 Å². The van der Waals surface area contributed by atoms with Crippen LogP contribution in [0.15, 0.2) is 42.5 Å². The van der Waals surface area contributed by atoms with E-state index in [-0.39, 0.29) is 23.5 Å². The van der Waals surface area contributed by atoms with Gasteiger partial charge in [0.2, 0.25) is 0 Å². The van der Waals surface area contributed by atoms with Crippen LogP contribution in [0.2, 0.25) is 0 Å². The molecule has 0 unspecified atom stereocenters. The number of ketones is 1. The summed E-state index contributed by atoms with van der Waals surface area (Å²) in [5.41, 5.74) is 2.62. The van der Waals surface area contributed by atoms with Crippen LogP contribution in [0, 0.1) is 12.8 Å². The van der Waals surface area contributed by atoms with Crippen molar-refractivity contribution in [2.75, 3.05) is 4.90 Å². The van der Waals surface area contributed by atoms with Gasteiger partial charge in [0.15, 0.2) is 5.78 Å². The van der Waals surface area contributed by atoms with Gasteiger partial charge in [-0.25, -0.2) is 4.90 Å². The van der Waals surface area contributed by atoms with Crippen LogP contribution in [0.25, 0.3) is 0 Å². The number of aryl methyl sites for hydroxylation is 1. The first-order valence-corrected chi connectivity index (χ1v) is 7.54. The number of amides is 2. The highest BCUT2D eigenvalue weighted by Gasteiger charge is 2.37. The molecule has 0 N–H and O–H groups in total. The molecule has 3 rings (SSSR count). The Morgan fingerprint density at radius 2 is 1.65 bits per heavy atom. The molecule has 4 heteroatoms. The summed E-state index contributed by atoms with van der Waals surface area (Å²) in [4.78, 5) is 38.5. The van der Waals surface area contributed by atoms with Gasteiger partial charge < -0.3 is 0 Å². The quantitative estimate of drug-likeness (QED) is 0.642. The minimum atomic E-state index is -0.381. The molecule has 0 spiro atoms. The van der Waals surface area contributed by atoms with E-state index < -0.39 is 0 Å². The van der Waals surface area contributed by atoms with Gasteiger partial charge in [-0.15, -0.1) is 0 Å². The van der Waals surface area contributed by atoms with E-state index in [1.807, 2.05) is 32.9 Å². The Morgan fingerprint density at radius 1 is 0.957 bits per heavy atom. The first-order chi connectivity index (χ1) is 10.9. The summed E-state index contributed by atoms with van der Waals surface area (Å²) < 4.78 is 0. The van der Waals surface area contributed by atoms with E-state index in [0.29, 0.717) is 22.4 Å². The summed E-state index contributed by atoms with van der Waals surface area (Å²) in [6, 6.07) is 12.0. The molecule has 116 valence electrons. The van der Waals surface area contributed by atoms with E-state index in [1.54, 1.807) is 24.3 Å². The van der Waals surface area contributed by atoms with Crippen molar-refractivity contribution >= 4 is 23.3 Å². The van der Waals surface area contributed by atoms with Crippen LogP contribution in [0.3, 0.4) is 0 Å². The number of nitrogens with zero attached hydrogens (tertiary/aromatic N) is 1. The van der Waals surface area contributed by atoms with E-state index in [2.05, 4.69) is 0 Å². The number of benzene rings is 2. The molecular formula is C19H17NO3. The molecule has 0 aliphatic carbocycles. The van der Waals surface area contributed by atoms with Crippen molar-refractivity contribution in [3.8, 4) is 0 Å². The zero-order valence-electron chi connectivity index (χ0n) is 13.3. The lowest BCUT2D eigenvalue weighted by atomic mass is 9.97. The zero-order chi connectivity index (χ0) is 16.7. The first kappa shape index (κ1) is 15.2. The normalized spacial score (nSPS) is 13.7. The number of carbonyl (C=O) groups is 3. The number of hydrogen-bond acceptors (Lipinski definition) is 3. The van der Waals surface area contributed by atoms with Crippen LogP contribution in [0.1, 0.15) is 50.5 Å². The lowest BCUT2D eigenvalue weighted by Gasteiger charge is -2.14. The number of fused-ring (bicyclic) bond motifs is 1. The fraction of sp³-hybridized carbons (Fsp3) is 0.211. The van der Waals surface area contributed by atoms with Crippen molar-refractivity contribution in [2.45, 2.75) is 20.8 Å². The van der Waals surface area contributed by atoms with Crippen molar-refractivity contribution in [1.29, 1.82) is 0 Å². The van der Waals surface area contributed by atoms with E-state index in [9.17, 15) is 14.4 Å². The highest BCUT2D eigenvalue weighted by molar-refractivity contribution is 6.34. The summed E-state index contributed by atoms with van der Waals surface area (Å²) >= 11 is 0. The summed E-state index contributed by atoms with van der Waals surface area (Å²) in [6.45, 7) is 5.52. The molecule has 0 saturated carbocycles. The van der Waals surface area contributed by atoms with Gasteiger partial charge in [-0.3, -0.25) is 14.4 Å². The second-order valence-corrected chi connectivity index (χ2v) is 6.06. The van der Waals surface area contributed by atoms with Gasteiger partial charge in [0.25, 0.3) is 11.8 Å². The van der Waals surface area contributed by atoms with Gasteiger partial charge in [0, 0.05) is 11.5 Å². The van der Waals surface area contributed by atoms with Crippen LogP contribution in [-0.4, -0.2) is 17.6 Å². The molecule has 0 radical (unpaired) electrons. The maximum absolute atomic E-state index is 12.7. The van der Waals surface area contributed by atoms with Crippen LogP contribution in [-0.2, 0) is 0 Å². The molecule has 1 heterocycles. The number of imide groups is 1. The first-order valence-electron chi connectivity index (χ1n) is 7.54. The molecule has 2 aromatic carbocycles. The average molecular weight is 307 g/mol. The third-order valence-corrected chi connectivity index (χ3v) is 3.96. The number of hydrogen-bond donors (Lipinski definition) is 0. The van der Waals surface area contributed by atoms with Crippen LogP contribution >= 0.6 is 0 Å². The highest BCUT2D eigenvalue weighted by atomic mass is 16.2. The monoisotopic (exact) mass is 307 g/mol. The highest BCUT2D eigenvalue weighted by Crippen LogP contribution is 2.30. The minimum Gasteiger partial charge on any atom is -0.294 e. The van der Waals surface area contributed by atoms with Crippen molar-refractivity contribution in [3.63, 3.8) is 0 Å². The van der Waals surface area contributed by atoms with E-state index in [0.717, 1.165) is 5.56 Å². The molecule has 4 nitrogen and oxygen atoms in total. The zero-order valence-corrected chi connectivity index (χ0v) is 13.3. The molecule has 23 heavy (non-hydrogen) atoms. The number of rotatable bonds is 3. The lowest BCUT2D eigenvalue weighted by molar-refractivity contribution is 0.0922. The molecular weight excluding hydrogens is 290 g/mol. The summed E-state index contributed by atoms with van der Waals surface area (Å²) in [7, 11) is 0. The molecule has 0 bridgehead atoms. The Bertz CT molecular complexity index is 836. The Hall–Kier alpha value is -2.75. The summed E-state index contributed by atoms with van der Waals surface area (Å²) in [6.07, 6.45) is 0. The molecule has 0 saturated heterocycles. The standard InChI is InChI=1S/C19H17NO3/c1-11(2)17(21)13-7-8-15-16(10-13)19(23)20(18(15)22)14-6-4-5-12(3)9-14/h4-11H,1-3H3. The second-order valence-electron chi connectivity index (χ2n) is 6.06. The maximum Gasteiger partial charge on any atom is 0.266 e. The van der Waals surface area contributed by atoms with Gasteiger partial charge in [0.1, 0.15) is 0 Å². The number of Topliss-reactive ketones (excluding diaryl/α,β-unsaturated/α-hetero) is 1. The predicted molar refractivity (Wildman–Crippen MR) is 87.9 cm³/mol. The largest absolute Gasteiger partial charge is 0.294 e. The van der Waals surface area contributed by atoms with Gasteiger partial charge in [-0.1, -0.05) is 32.0 Å². The van der Waals surface area contributed by atoms with Gasteiger partial charge in [0.05, 0.1) is 16.8 Å². The van der Waals surface area contributed by atoms with E-state index in [1.165, 1.54) is 11.0 Å². The minimum absolute atomic E-state index is 0.0398. The number of anilines is 1. The van der Waals surface area contributed by atoms with Crippen LogP contribution in [0.4, 0.5) is 5.69 Å². The van der Waals surface area contributed by atoms with Crippen molar-refractivity contribution in [2.24, 2.45) is 5.92 Å². The lowest BCUT2D eigenvalue weighted by Crippen LogP contribution is -2.29. The molecule has 0 atom stereocenters. The van der Waals surface area contributed by atoms with Crippen LogP contribution in [0.5, 0.6) is 0 Å². The van der Waals surface area contributed by atoms with Gasteiger partial charge in [-0.2, -0.15) is 0 Å². The Kier molecular flexibility index (Phi) is 3.60. The molecule has 2 aromatic rings. The van der Waals surface area contributed by atoms with E-state index in [4.69, 9.17) is 0 Å². The van der Waals surface area contributed by atoms with Gasteiger partial charge >= 0.3 is 0 Å². The van der Waals surface area contributed by atoms with Crippen molar-refractivity contribution in [1.82, 2.24) is 0 Å². The SMILES string of the molecule is Cc1cccc(N2C(=O)c3ccc(C(=O)C(C)C)cc3C2=O)c1. The van der Waals surface area contributed by atoms with E-state index >= 15 is 0 Å². The molecule has 0 aromatic heterocycles. The summed E-state index contributed by atoms with van der Waals surface area (Å²) in [5.74, 6) is -0.927. The smallest absolute Gasteiger partial charge is 0.266 e. The molecule has 0 fully saturated rings. The fourth-order valence-electron chi connectivity index (χ4n) is 2.73. The maximum atomic E-state index is 12.7. The molecule has 1 aliphatic heterocycles. The third kappa shape index (κ3) is 2.46. The third-order valence-electron chi connectivity index (χ3n) is 3.96. The number of carbonyl (C=O) groups excluding carboxylic acids is 3. The Morgan fingerprint density at radius 3 is 2.30 bits per heavy atom. The van der Waals surface area contributed by atoms with Crippen molar-refractivity contribution < 1.29 is 14.4 Å². The second kappa shape index (κ2) is 5.47. The summed E-state index contributed by atoms with van der Waals surface area (Å²) in [5, 5.41) is 0. The molecule has 2 amide bonds. The molecule has 1 aliphatic rings.